The highest BCUT2D eigenvalue weighted by molar-refractivity contribution is 5.90. The minimum Gasteiger partial charge on any atom is -0.465 e. The van der Waals surface area contributed by atoms with E-state index in [-0.39, 0.29) is 12.0 Å². The Balaban J connectivity index is 2.15. The quantitative estimate of drug-likeness (QED) is 0.488. The van der Waals surface area contributed by atoms with E-state index >= 15 is 0 Å². The van der Waals surface area contributed by atoms with Crippen molar-refractivity contribution in [2.24, 2.45) is 10.7 Å². The summed E-state index contributed by atoms with van der Waals surface area (Å²) in [6.45, 7) is 4.39. The van der Waals surface area contributed by atoms with Gasteiger partial charge in [-0.2, -0.15) is 0 Å². The molecule has 21 heavy (non-hydrogen) atoms. The third-order valence-corrected chi connectivity index (χ3v) is 3.20. The number of rotatable bonds is 5. The van der Waals surface area contributed by atoms with Crippen molar-refractivity contribution in [2.45, 2.75) is 45.2 Å². The highest BCUT2D eigenvalue weighted by atomic mass is 16.5. The van der Waals surface area contributed by atoms with E-state index in [1.165, 1.54) is 7.11 Å². The molecule has 6 heteroatoms. The average molecular weight is 290 g/mol. The highest BCUT2D eigenvalue weighted by Gasteiger charge is 2.30. The summed E-state index contributed by atoms with van der Waals surface area (Å²) >= 11 is 0. The summed E-state index contributed by atoms with van der Waals surface area (Å²) in [5, 5.41) is 3.03. The van der Waals surface area contributed by atoms with E-state index in [9.17, 15) is 4.79 Å². The van der Waals surface area contributed by atoms with Gasteiger partial charge in [-0.1, -0.05) is 0 Å². The predicted molar refractivity (Wildman–Crippen MR) is 81.1 cm³/mol. The van der Waals surface area contributed by atoms with Crippen LogP contribution in [0, 0.1) is 0 Å². The van der Waals surface area contributed by atoms with Crippen molar-refractivity contribution >= 4 is 11.9 Å². The molecular formula is C15H22N4O2. The smallest absolute Gasteiger partial charge is 0.339 e. The molecule has 0 amide bonds. The molecule has 0 spiro atoms. The van der Waals surface area contributed by atoms with E-state index in [0.717, 1.165) is 24.2 Å². The van der Waals surface area contributed by atoms with Crippen LogP contribution in [0.5, 0.6) is 0 Å². The normalized spacial score (nSPS) is 15.1. The van der Waals surface area contributed by atoms with Gasteiger partial charge >= 0.3 is 5.97 Å². The fourth-order valence-electron chi connectivity index (χ4n) is 2.06. The summed E-state index contributed by atoms with van der Waals surface area (Å²) in [5.41, 5.74) is 7.95. The number of ether oxygens (including phenoxy) is 1. The van der Waals surface area contributed by atoms with Crippen LogP contribution in [0.15, 0.2) is 17.1 Å². The number of aromatic nitrogens is 1. The van der Waals surface area contributed by atoms with Gasteiger partial charge < -0.3 is 15.8 Å². The number of hydrogen-bond donors (Lipinski definition) is 2. The summed E-state index contributed by atoms with van der Waals surface area (Å²) in [6.07, 6.45) is 2.14. The maximum absolute atomic E-state index is 11.7. The van der Waals surface area contributed by atoms with E-state index in [4.69, 9.17) is 10.5 Å². The second kappa shape index (κ2) is 6.56. The molecule has 1 aliphatic carbocycles. The van der Waals surface area contributed by atoms with Crippen molar-refractivity contribution in [1.82, 2.24) is 10.3 Å². The molecule has 1 aliphatic rings. The average Bonchev–Trinajstić information content (AvgIpc) is 3.28. The molecule has 1 heterocycles. The van der Waals surface area contributed by atoms with Crippen LogP contribution in [0.2, 0.25) is 0 Å². The molecule has 1 aromatic rings. The molecule has 3 N–H and O–H groups in total. The number of hydrogen-bond acceptors (Lipinski definition) is 4. The fraction of sp³-hybridized carbons (Fsp3) is 0.533. The van der Waals surface area contributed by atoms with Gasteiger partial charge in [0.05, 0.1) is 30.6 Å². The van der Waals surface area contributed by atoms with Gasteiger partial charge in [-0.25, -0.2) is 9.79 Å². The molecule has 1 fully saturated rings. The van der Waals surface area contributed by atoms with Crippen LogP contribution in [0.25, 0.3) is 0 Å². The summed E-state index contributed by atoms with van der Waals surface area (Å²) in [5.74, 6) is 0.437. The molecule has 0 aliphatic heterocycles. The molecular weight excluding hydrogens is 268 g/mol. The first-order chi connectivity index (χ1) is 10.0. The van der Waals surface area contributed by atoms with Gasteiger partial charge in [-0.05, 0) is 38.8 Å². The Labute approximate surface area is 124 Å². The fourth-order valence-corrected chi connectivity index (χ4v) is 2.06. The number of carbonyl (C=O) groups excluding carboxylic acids is 1. The van der Waals surface area contributed by atoms with Gasteiger partial charge in [0, 0.05) is 12.0 Å². The lowest BCUT2D eigenvalue weighted by Gasteiger charge is -2.10. The van der Waals surface area contributed by atoms with E-state index in [0.29, 0.717) is 24.0 Å². The second-order valence-electron chi connectivity index (χ2n) is 5.50. The first-order valence-corrected chi connectivity index (χ1v) is 7.16. The number of nitrogens with one attached hydrogen (secondary N) is 1. The molecule has 6 nitrogen and oxygen atoms in total. The zero-order chi connectivity index (χ0) is 15.4. The molecule has 2 rings (SSSR count). The highest BCUT2D eigenvalue weighted by Crippen LogP contribution is 2.40. The van der Waals surface area contributed by atoms with Crippen LogP contribution in [0.3, 0.4) is 0 Å². The number of guanidine groups is 1. The third kappa shape index (κ3) is 4.18. The van der Waals surface area contributed by atoms with Crippen molar-refractivity contribution in [3.63, 3.8) is 0 Å². The number of methoxy groups -OCH3 is 1. The molecule has 114 valence electrons. The Morgan fingerprint density at radius 3 is 2.81 bits per heavy atom. The molecule has 0 atom stereocenters. The van der Waals surface area contributed by atoms with E-state index in [1.807, 2.05) is 13.8 Å². The Kier molecular flexibility index (Phi) is 4.77. The van der Waals surface area contributed by atoms with Crippen molar-refractivity contribution in [3.05, 3.63) is 29.1 Å². The van der Waals surface area contributed by atoms with Crippen LogP contribution < -0.4 is 11.1 Å². The molecule has 1 aromatic heterocycles. The third-order valence-electron chi connectivity index (χ3n) is 3.20. The maximum Gasteiger partial charge on any atom is 0.339 e. The maximum atomic E-state index is 11.7. The van der Waals surface area contributed by atoms with Crippen LogP contribution in [0.4, 0.5) is 0 Å². The molecule has 0 radical (unpaired) electrons. The molecule has 0 saturated heterocycles. The zero-order valence-corrected chi connectivity index (χ0v) is 12.7. The number of esters is 1. The van der Waals surface area contributed by atoms with Crippen LogP contribution >= 0.6 is 0 Å². The van der Waals surface area contributed by atoms with Crippen LogP contribution in [-0.4, -0.2) is 30.1 Å². The Morgan fingerprint density at radius 1 is 1.52 bits per heavy atom. The monoisotopic (exact) mass is 290 g/mol. The topological polar surface area (TPSA) is 89.6 Å². The Hall–Kier alpha value is -2.11. The molecule has 0 bridgehead atoms. The molecule has 0 unspecified atom stereocenters. The number of aliphatic imine (C=N–C) groups is 1. The van der Waals surface area contributed by atoms with E-state index in [2.05, 4.69) is 15.3 Å². The van der Waals surface area contributed by atoms with Crippen molar-refractivity contribution < 1.29 is 9.53 Å². The first-order valence-electron chi connectivity index (χ1n) is 7.16. The summed E-state index contributed by atoms with van der Waals surface area (Å²) in [7, 11) is 1.38. The van der Waals surface area contributed by atoms with Gasteiger partial charge in [-0.3, -0.25) is 4.98 Å². The summed E-state index contributed by atoms with van der Waals surface area (Å²) in [4.78, 5) is 20.6. The minimum absolute atomic E-state index is 0.241. The summed E-state index contributed by atoms with van der Waals surface area (Å²) in [6, 6.07) is 3.80. The van der Waals surface area contributed by atoms with E-state index < -0.39 is 0 Å². The minimum atomic E-state index is -0.333. The SMILES string of the molecule is COC(=O)c1ccc(CN=C(N)NC(C)C)nc1C1CC1. The van der Waals surface area contributed by atoms with Gasteiger partial charge in [0.1, 0.15) is 0 Å². The van der Waals surface area contributed by atoms with Gasteiger partial charge in [0.15, 0.2) is 5.96 Å². The number of nitrogens with zero attached hydrogens (tertiary/aromatic N) is 2. The summed E-state index contributed by atoms with van der Waals surface area (Å²) < 4.78 is 4.80. The van der Waals surface area contributed by atoms with Gasteiger partial charge in [0.25, 0.3) is 0 Å². The predicted octanol–water partition coefficient (Wildman–Crippen LogP) is 1.56. The standard InChI is InChI=1S/C15H22N4O2/c1-9(2)18-15(16)17-8-11-6-7-12(14(20)21-3)13(19-11)10-4-5-10/h6-7,9-10H,4-5,8H2,1-3H3,(H3,16,17,18). The zero-order valence-electron chi connectivity index (χ0n) is 12.7. The lowest BCUT2D eigenvalue weighted by atomic mass is 10.1. The van der Waals surface area contributed by atoms with Gasteiger partial charge in [0.2, 0.25) is 0 Å². The first kappa shape index (κ1) is 15.3. The lowest BCUT2D eigenvalue weighted by Crippen LogP contribution is -2.36. The van der Waals surface area contributed by atoms with Crippen LogP contribution in [-0.2, 0) is 11.3 Å². The van der Waals surface area contributed by atoms with Crippen molar-refractivity contribution in [2.75, 3.05) is 7.11 Å². The molecule has 1 saturated carbocycles. The number of nitrogens with two attached hydrogens (primary N) is 1. The Bertz CT molecular complexity index is 551. The van der Waals surface area contributed by atoms with Crippen LogP contribution in [0.1, 0.15) is 54.4 Å². The molecule has 0 aromatic carbocycles. The lowest BCUT2D eigenvalue weighted by molar-refractivity contribution is 0.0598. The number of carbonyl (C=O) groups is 1. The second-order valence-corrected chi connectivity index (χ2v) is 5.50. The van der Waals surface area contributed by atoms with Crippen molar-refractivity contribution in [3.8, 4) is 0 Å². The Morgan fingerprint density at radius 2 is 2.24 bits per heavy atom. The number of pyridine rings is 1. The van der Waals surface area contributed by atoms with E-state index in [1.54, 1.807) is 12.1 Å². The largest absolute Gasteiger partial charge is 0.465 e. The van der Waals surface area contributed by atoms with Gasteiger partial charge in [-0.15, -0.1) is 0 Å². The van der Waals surface area contributed by atoms with Crippen molar-refractivity contribution in [1.29, 1.82) is 0 Å².